The van der Waals surface area contributed by atoms with Crippen LogP contribution in [0.15, 0.2) is 36.4 Å². The SMILES string of the molecule is CCOC(=O)c1ccc(NC(=S)N2CCS[C@H]2c2c(F)cc(F)cc2F)cc1. The second-order valence-electron chi connectivity index (χ2n) is 5.93. The van der Waals surface area contributed by atoms with Crippen molar-refractivity contribution in [3.05, 3.63) is 65.0 Å². The smallest absolute Gasteiger partial charge is 0.338 e. The zero-order valence-corrected chi connectivity index (χ0v) is 16.5. The molecule has 0 saturated carbocycles. The van der Waals surface area contributed by atoms with Crippen LogP contribution in [0.3, 0.4) is 0 Å². The number of anilines is 1. The van der Waals surface area contributed by atoms with E-state index in [-0.39, 0.29) is 17.3 Å². The molecule has 0 radical (unpaired) electrons. The van der Waals surface area contributed by atoms with Crippen molar-refractivity contribution in [2.24, 2.45) is 0 Å². The maximum absolute atomic E-state index is 14.2. The van der Waals surface area contributed by atoms with Crippen molar-refractivity contribution < 1.29 is 22.7 Å². The summed E-state index contributed by atoms with van der Waals surface area (Å²) >= 11 is 6.73. The van der Waals surface area contributed by atoms with Crippen LogP contribution >= 0.6 is 24.0 Å². The maximum Gasteiger partial charge on any atom is 0.338 e. The molecule has 0 spiro atoms. The molecular formula is C19H17F3N2O2S2. The molecule has 1 N–H and O–H groups in total. The van der Waals surface area contributed by atoms with Crippen molar-refractivity contribution in [3.8, 4) is 0 Å². The molecule has 148 valence electrons. The molecule has 1 atom stereocenters. The molecule has 1 aliphatic rings. The highest BCUT2D eigenvalue weighted by atomic mass is 32.2. The van der Waals surface area contributed by atoms with Gasteiger partial charge in [0.05, 0.1) is 17.7 Å². The summed E-state index contributed by atoms with van der Waals surface area (Å²) in [7, 11) is 0. The maximum atomic E-state index is 14.2. The second kappa shape index (κ2) is 8.83. The van der Waals surface area contributed by atoms with Gasteiger partial charge in [0, 0.05) is 30.1 Å². The van der Waals surface area contributed by atoms with E-state index in [1.54, 1.807) is 36.1 Å². The Bertz CT molecular complexity index is 870. The van der Waals surface area contributed by atoms with Crippen LogP contribution in [0.1, 0.15) is 28.2 Å². The molecule has 3 rings (SSSR count). The normalized spacial score (nSPS) is 16.1. The second-order valence-corrected chi connectivity index (χ2v) is 7.50. The number of rotatable bonds is 4. The minimum absolute atomic E-state index is 0.217. The third kappa shape index (κ3) is 4.41. The largest absolute Gasteiger partial charge is 0.462 e. The van der Waals surface area contributed by atoms with E-state index in [0.717, 1.165) is 0 Å². The average Bonchev–Trinajstić information content (AvgIpc) is 3.11. The molecule has 0 amide bonds. The number of esters is 1. The van der Waals surface area contributed by atoms with Gasteiger partial charge in [-0.2, -0.15) is 0 Å². The van der Waals surface area contributed by atoms with E-state index in [4.69, 9.17) is 17.0 Å². The van der Waals surface area contributed by atoms with Gasteiger partial charge >= 0.3 is 5.97 Å². The summed E-state index contributed by atoms with van der Waals surface area (Å²) in [6.07, 6.45) is 0. The molecule has 0 aliphatic carbocycles. The van der Waals surface area contributed by atoms with Crippen molar-refractivity contribution in [2.75, 3.05) is 24.2 Å². The quantitative estimate of drug-likeness (QED) is 0.563. The number of thiocarbonyl (C=S) groups is 1. The van der Waals surface area contributed by atoms with Gasteiger partial charge < -0.3 is 15.0 Å². The molecule has 1 heterocycles. The third-order valence-corrected chi connectivity index (χ3v) is 5.65. The van der Waals surface area contributed by atoms with Gasteiger partial charge in [-0.1, -0.05) is 0 Å². The summed E-state index contributed by atoms with van der Waals surface area (Å²) in [6.45, 7) is 2.50. The Morgan fingerprint density at radius 2 is 1.89 bits per heavy atom. The fourth-order valence-electron chi connectivity index (χ4n) is 2.81. The molecule has 0 aromatic heterocycles. The number of halogens is 3. The van der Waals surface area contributed by atoms with Crippen molar-refractivity contribution in [2.45, 2.75) is 12.3 Å². The number of carbonyl (C=O) groups is 1. The highest BCUT2D eigenvalue weighted by Crippen LogP contribution is 2.40. The van der Waals surface area contributed by atoms with E-state index in [0.29, 0.717) is 35.7 Å². The van der Waals surface area contributed by atoms with Gasteiger partial charge in [-0.15, -0.1) is 11.8 Å². The lowest BCUT2D eigenvalue weighted by Gasteiger charge is -2.27. The number of hydrogen-bond donors (Lipinski definition) is 1. The van der Waals surface area contributed by atoms with Crippen molar-refractivity contribution >= 4 is 40.7 Å². The number of benzene rings is 2. The molecular weight excluding hydrogens is 409 g/mol. The lowest BCUT2D eigenvalue weighted by Crippen LogP contribution is -2.34. The molecule has 28 heavy (non-hydrogen) atoms. The number of nitrogens with one attached hydrogen (secondary N) is 1. The Morgan fingerprint density at radius 1 is 1.25 bits per heavy atom. The van der Waals surface area contributed by atoms with Gasteiger partial charge in [-0.25, -0.2) is 18.0 Å². The van der Waals surface area contributed by atoms with Crippen LogP contribution in [0.25, 0.3) is 0 Å². The van der Waals surface area contributed by atoms with E-state index in [9.17, 15) is 18.0 Å². The monoisotopic (exact) mass is 426 g/mol. The molecule has 1 fully saturated rings. The number of hydrogen-bond acceptors (Lipinski definition) is 4. The topological polar surface area (TPSA) is 41.6 Å². The first-order valence-corrected chi connectivity index (χ1v) is 9.97. The summed E-state index contributed by atoms with van der Waals surface area (Å²) in [5, 5.41) is 2.59. The highest BCUT2D eigenvalue weighted by Gasteiger charge is 2.33. The predicted octanol–water partition coefficient (Wildman–Crippen LogP) is 4.73. The van der Waals surface area contributed by atoms with Gasteiger partial charge in [-0.3, -0.25) is 0 Å². The lowest BCUT2D eigenvalue weighted by atomic mass is 10.1. The fourth-order valence-corrected chi connectivity index (χ4v) is 4.49. The Hall–Kier alpha value is -2.26. The summed E-state index contributed by atoms with van der Waals surface area (Å²) < 4.78 is 46.5. The van der Waals surface area contributed by atoms with E-state index in [1.807, 2.05) is 0 Å². The molecule has 1 aliphatic heterocycles. The summed E-state index contributed by atoms with van der Waals surface area (Å²) in [6, 6.07) is 7.85. The minimum atomic E-state index is -0.962. The Kier molecular flexibility index (Phi) is 6.46. The molecule has 2 aromatic carbocycles. The van der Waals surface area contributed by atoms with Crippen LogP contribution < -0.4 is 5.32 Å². The number of nitrogens with zero attached hydrogens (tertiary/aromatic N) is 1. The Labute approximate surface area is 170 Å². The van der Waals surface area contributed by atoms with Crippen LogP contribution in [0.2, 0.25) is 0 Å². The van der Waals surface area contributed by atoms with E-state index in [1.165, 1.54) is 11.8 Å². The number of thioether (sulfide) groups is 1. The number of carbonyl (C=O) groups excluding carboxylic acids is 1. The minimum Gasteiger partial charge on any atom is -0.462 e. The summed E-state index contributed by atoms with van der Waals surface area (Å²) in [5.74, 6) is -2.65. The summed E-state index contributed by atoms with van der Waals surface area (Å²) in [4.78, 5) is 13.3. The number of ether oxygens (including phenoxy) is 1. The Morgan fingerprint density at radius 3 is 2.50 bits per heavy atom. The lowest BCUT2D eigenvalue weighted by molar-refractivity contribution is 0.0526. The molecule has 2 aromatic rings. The fraction of sp³-hybridized carbons (Fsp3) is 0.263. The summed E-state index contributed by atoms with van der Waals surface area (Å²) in [5.41, 5.74) is 0.808. The van der Waals surface area contributed by atoms with Crippen LogP contribution in [0.5, 0.6) is 0 Å². The molecule has 4 nitrogen and oxygen atoms in total. The molecule has 9 heteroatoms. The van der Waals surface area contributed by atoms with Crippen molar-refractivity contribution in [1.29, 1.82) is 0 Å². The van der Waals surface area contributed by atoms with Crippen molar-refractivity contribution in [3.63, 3.8) is 0 Å². The zero-order chi connectivity index (χ0) is 20.3. The first kappa shape index (κ1) is 20.5. The van der Waals surface area contributed by atoms with E-state index >= 15 is 0 Å². The van der Waals surface area contributed by atoms with Crippen LogP contribution in [0.4, 0.5) is 18.9 Å². The van der Waals surface area contributed by atoms with Gasteiger partial charge in [-0.05, 0) is 43.4 Å². The third-order valence-electron chi connectivity index (χ3n) is 4.09. The molecule has 0 bridgehead atoms. The Balaban J connectivity index is 1.74. The van der Waals surface area contributed by atoms with Crippen molar-refractivity contribution in [1.82, 2.24) is 4.90 Å². The van der Waals surface area contributed by atoms with Crippen LogP contribution in [-0.2, 0) is 4.74 Å². The zero-order valence-electron chi connectivity index (χ0n) is 14.9. The molecule has 1 saturated heterocycles. The van der Waals surface area contributed by atoms with Gasteiger partial charge in [0.2, 0.25) is 0 Å². The highest BCUT2D eigenvalue weighted by molar-refractivity contribution is 7.99. The van der Waals surface area contributed by atoms with Gasteiger partial charge in [0.15, 0.2) is 5.11 Å². The van der Waals surface area contributed by atoms with Gasteiger partial charge in [0.25, 0.3) is 0 Å². The first-order chi connectivity index (χ1) is 13.4. The first-order valence-electron chi connectivity index (χ1n) is 8.51. The van der Waals surface area contributed by atoms with E-state index in [2.05, 4.69) is 5.32 Å². The van der Waals surface area contributed by atoms with E-state index < -0.39 is 28.8 Å². The molecule has 0 unspecified atom stereocenters. The standard InChI is InChI=1S/C19H17F3N2O2S2/c1-2-26-18(25)11-3-5-13(6-4-11)23-19(27)24-7-8-28-17(24)16-14(21)9-12(20)10-15(16)22/h3-6,9-10,17H,2,7-8H2,1H3,(H,23,27)/t17-/m0/s1. The van der Waals surface area contributed by atoms with Crippen LogP contribution in [0, 0.1) is 17.5 Å². The van der Waals surface area contributed by atoms with Gasteiger partial charge in [0.1, 0.15) is 22.8 Å². The van der Waals surface area contributed by atoms with Crippen LogP contribution in [-0.4, -0.2) is 34.9 Å². The average molecular weight is 426 g/mol. The predicted molar refractivity (Wildman–Crippen MR) is 107 cm³/mol.